The molecule has 0 saturated carbocycles. The Labute approximate surface area is 69.8 Å². The summed E-state index contributed by atoms with van der Waals surface area (Å²) >= 11 is 1.05. The molecule has 0 N–H and O–H groups in total. The van der Waals surface area contributed by atoms with Gasteiger partial charge in [0.2, 0.25) is 0 Å². The lowest BCUT2D eigenvalue weighted by molar-refractivity contribution is 0.667. The average Bonchev–Trinajstić information content (AvgIpc) is 2.33. The molecule has 1 rings (SSSR count). The van der Waals surface area contributed by atoms with Crippen molar-refractivity contribution >= 4 is 11.5 Å². The van der Waals surface area contributed by atoms with Gasteiger partial charge >= 0.3 is 4.87 Å². The van der Waals surface area contributed by atoms with E-state index in [0.29, 0.717) is 0 Å². The van der Waals surface area contributed by atoms with Gasteiger partial charge in [0.1, 0.15) is 5.82 Å². The quantitative estimate of drug-likeness (QED) is 0.688. The van der Waals surface area contributed by atoms with E-state index in [-0.39, 0.29) is 4.87 Å². The SMILES string of the molecule is CCCc1nsc(=O)n1CC. The molecule has 62 valence electrons. The van der Waals surface area contributed by atoms with Crippen molar-refractivity contribution in [3.8, 4) is 0 Å². The third kappa shape index (κ3) is 1.68. The van der Waals surface area contributed by atoms with Gasteiger partial charge < -0.3 is 0 Å². The Kier molecular flexibility index (Phi) is 2.82. The van der Waals surface area contributed by atoms with E-state index >= 15 is 0 Å². The maximum atomic E-state index is 11.1. The molecule has 1 aromatic heterocycles. The molecular weight excluding hydrogens is 160 g/mol. The minimum absolute atomic E-state index is 0.0657. The van der Waals surface area contributed by atoms with Crippen molar-refractivity contribution in [3.63, 3.8) is 0 Å². The van der Waals surface area contributed by atoms with Crippen LogP contribution in [0, 0.1) is 0 Å². The summed E-state index contributed by atoms with van der Waals surface area (Å²) in [5, 5.41) is 0. The minimum Gasteiger partial charge on any atom is -0.286 e. The summed E-state index contributed by atoms with van der Waals surface area (Å²) in [6.45, 7) is 4.80. The molecule has 0 spiro atoms. The fourth-order valence-corrected chi connectivity index (χ4v) is 1.72. The first-order valence-corrected chi connectivity index (χ1v) is 4.62. The highest BCUT2D eigenvalue weighted by atomic mass is 32.1. The van der Waals surface area contributed by atoms with Gasteiger partial charge in [0.05, 0.1) is 0 Å². The van der Waals surface area contributed by atoms with Gasteiger partial charge in [-0.05, 0) is 13.3 Å². The zero-order valence-corrected chi connectivity index (χ0v) is 7.65. The Balaban J connectivity index is 2.96. The Morgan fingerprint density at radius 2 is 2.27 bits per heavy atom. The van der Waals surface area contributed by atoms with Crippen LogP contribution in [0.2, 0.25) is 0 Å². The topological polar surface area (TPSA) is 34.9 Å². The van der Waals surface area contributed by atoms with E-state index in [1.165, 1.54) is 0 Å². The van der Waals surface area contributed by atoms with E-state index in [9.17, 15) is 4.79 Å². The zero-order valence-electron chi connectivity index (χ0n) is 6.83. The van der Waals surface area contributed by atoms with Gasteiger partial charge in [-0.25, -0.2) is 0 Å². The van der Waals surface area contributed by atoms with Crippen molar-refractivity contribution in [3.05, 3.63) is 15.5 Å². The lowest BCUT2D eigenvalue weighted by Crippen LogP contribution is -2.14. The molecule has 3 nitrogen and oxygen atoms in total. The van der Waals surface area contributed by atoms with Crippen molar-refractivity contribution in [2.45, 2.75) is 33.2 Å². The first-order chi connectivity index (χ1) is 5.29. The predicted octanol–water partition coefficient (Wildman–Crippen LogP) is 1.28. The van der Waals surface area contributed by atoms with E-state index in [2.05, 4.69) is 11.3 Å². The second kappa shape index (κ2) is 3.67. The van der Waals surface area contributed by atoms with Crippen molar-refractivity contribution in [2.24, 2.45) is 0 Å². The van der Waals surface area contributed by atoms with Crippen LogP contribution >= 0.6 is 11.5 Å². The molecule has 0 bridgehead atoms. The summed E-state index contributed by atoms with van der Waals surface area (Å²) in [4.78, 5) is 11.1. The first-order valence-electron chi connectivity index (χ1n) is 3.85. The van der Waals surface area contributed by atoms with Crippen molar-refractivity contribution in [1.82, 2.24) is 8.94 Å². The van der Waals surface area contributed by atoms with Crippen LogP contribution in [0.4, 0.5) is 0 Å². The van der Waals surface area contributed by atoms with Crippen molar-refractivity contribution < 1.29 is 0 Å². The van der Waals surface area contributed by atoms with E-state index < -0.39 is 0 Å². The van der Waals surface area contributed by atoms with Crippen LogP contribution in [-0.4, -0.2) is 8.94 Å². The largest absolute Gasteiger partial charge is 0.326 e. The highest BCUT2D eigenvalue weighted by Gasteiger charge is 2.04. The van der Waals surface area contributed by atoms with Gasteiger partial charge in [-0.15, -0.1) is 0 Å². The molecule has 0 aliphatic heterocycles. The average molecular weight is 172 g/mol. The molecule has 0 unspecified atom stereocenters. The highest BCUT2D eigenvalue weighted by Crippen LogP contribution is 1.98. The Hall–Kier alpha value is -0.640. The molecule has 4 heteroatoms. The van der Waals surface area contributed by atoms with E-state index in [0.717, 1.165) is 36.7 Å². The van der Waals surface area contributed by atoms with Crippen molar-refractivity contribution in [1.29, 1.82) is 0 Å². The predicted molar refractivity (Wildman–Crippen MR) is 46.0 cm³/mol. The van der Waals surface area contributed by atoms with Crippen LogP contribution in [0.3, 0.4) is 0 Å². The van der Waals surface area contributed by atoms with Crippen LogP contribution < -0.4 is 4.87 Å². The number of nitrogens with zero attached hydrogens (tertiary/aromatic N) is 2. The van der Waals surface area contributed by atoms with Crippen molar-refractivity contribution in [2.75, 3.05) is 0 Å². The molecule has 0 saturated heterocycles. The maximum Gasteiger partial charge on any atom is 0.326 e. The van der Waals surface area contributed by atoms with Gasteiger partial charge in [-0.3, -0.25) is 9.36 Å². The normalized spacial score (nSPS) is 10.4. The van der Waals surface area contributed by atoms with E-state index in [1.807, 2.05) is 6.92 Å². The van der Waals surface area contributed by atoms with E-state index in [4.69, 9.17) is 0 Å². The summed E-state index contributed by atoms with van der Waals surface area (Å²) in [6, 6.07) is 0. The molecule has 0 amide bonds. The van der Waals surface area contributed by atoms with Crippen LogP contribution in [0.1, 0.15) is 26.1 Å². The Morgan fingerprint density at radius 3 is 2.82 bits per heavy atom. The third-order valence-corrected chi connectivity index (χ3v) is 2.23. The smallest absolute Gasteiger partial charge is 0.286 e. The molecule has 0 radical (unpaired) electrons. The summed E-state index contributed by atoms with van der Waals surface area (Å²) in [5.41, 5.74) is 0. The van der Waals surface area contributed by atoms with Gasteiger partial charge in [-0.2, -0.15) is 4.37 Å². The number of hydrogen-bond donors (Lipinski definition) is 0. The molecule has 0 atom stereocenters. The fourth-order valence-electron chi connectivity index (χ4n) is 1.01. The maximum absolute atomic E-state index is 11.1. The van der Waals surface area contributed by atoms with Gasteiger partial charge in [0, 0.05) is 24.5 Å². The molecule has 11 heavy (non-hydrogen) atoms. The molecule has 0 aliphatic rings. The Morgan fingerprint density at radius 1 is 1.55 bits per heavy atom. The number of aromatic nitrogens is 2. The van der Waals surface area contributed by atoms with E-state index in [1.54, 1.807) is 4.57 Å². The highest BCUT2D eigenvalue weighted by molar-refractivity contribution is 7.02. The molecule has 1 heterocycles. The van der Waals surface area contributed by atoms with Gasteiger partial charge in [0.15, 0.2) is 0 Å². The van der Waals surface area contributed by atoms with Crippen LogP contribution in [0.25, 0.3) is 0 Å². The summed E-state index contributed by atoms with van der Waals surface area (Å²) in [6.07, 6.45) is 1.95. The monoisotopic (exact) mass is 172 g/mol. The lowest BCUT2D eigenvalue weighted by Gasteiger charge is -1.98. The van der Waals surface area contributed by atoms with Gasteiger partial charge in [0.25, 0.3) is 0 Å². The minimum atomic E-state index is 0.0657. The van der Waals surface area contributed by atoms with Crippen LogP contribution in [-0.2, 0) is 13.0 Å². The molecule has 1 aromatic rings. The number of aryl methyl sites for hydroxylation is 1. The molecule has 0 fully saturated rings. The summed E-state index contributed by atoms with van der Waals surface area (Å²) < 4.78 is 5.80. The summed E-state index contributed by atoms with van der Waals surface area (Å²) in [5.74, 6) is 0.935. The van der Waals surface area contributed by atoms with Gasteiger partial charge in [-0.1, -0.05) is 6.92 Å². The fraction of sp³-hybridized carbons (Fsp3) is 0.714. The number of rotatable bonds is 3. The second-order valence-electron chi connectivity index (χ2n) is 2.36. The number of hydrogen-bond acceptors (Lipinski definition) is 3. The standard InChI is InChI=1S/C7H12N2OS/c1-3-5-6-8-11-7(10)9(6)4-2/h3-5H2,1-2H3. The zero-order chi connectivity index (χ0) is 8.27. The Bertz CT molecular complexity index is 276. The molecular formula is C7H12N2OS. The third-order valence-electron chi connectivity index (χ3n) is 1.55. The lowest BCUT2D eigenvalue weighted by atomic mass is 10.3. The summed E-state index contributed by atoms with van der Waals surface area (Å²) in [7, 11) is 0. The first kappa shape index (κ1) is 8.46. The molecule has 0 aliphatic carbocycles. The second-order valence-corrected chi connectivity index (χ2v) is 3.07. The molecule has 0 aromatic carbocycles. The van der Waals surface area contributed by atoms with Crippen LogP contribution in [0.15, 0.2) is 4.79 Å². The van der Waals surface area contributed by atoms with Crippen LogP contribution in [0.5, 0.6) is 0 Å².